The van der Waals surface area contributed by atoms with E-state index in [2.05, 4.69) is 17.3 Å². The summed E-state index contributed by atoms with van der Waals surface area (Å²) < 4.78 is 5.62. The van der Waals surface area contributed by atoms with E-state index in [1.807, 2.05) is 0 Å². The maximum atomic E-state index is 10.6. The van der Waals surface area contributed by atoms with Crippen LogP contribution in [0.2, 0.25) is 0 Å². The summed E-state index contributed by atoms with van der Waals surface area (Å²) in [4.78, 5) is 12.4. The van der Waals surface area contributed by atoms with E-state index in [-0.39, 0.29) is 11.8 Å². The van der Waals surface area contributed by atoms with Crippen LogP contribution in [0.25, 0.3) is 0 Å². The van der Waals surface area contributed by atoms with E-state index in [4.69, 9.17) is 10.5 Å². The van der Waals surface area contributed by atoms with Gasteiger partial charge in [0.25, 0.3) is 5.69 Å². The Morgan fingerprint density at radius 3 is 3.05 bits per heavy atom. The van der Waals surface area contributed by atoms with E-state index in [0.717, 1.165) is 19.7 Å². The molecule has 0 saturated carbocycles. The van der Waals surface area contributed by atoms with Crippen LogP contribution in [0.5, 0.6) is 0 Å². The number of nitrogen functional groups attached to an aromatic ring is 1. The van der Waals surface area contributed by atoms with Crippen LogP contribution >= 0.6 is 0 Å². The number of nitro groups is 1. The molecule has 1 atom stereocenters. The maximum absolute atomic E-state index is 10.6. The quantitative estimate of drug-likeness (QED) is 0.478. The van der Waals surface area contributed by atoms with Gasteiger partial charge in [-0.25, -0.2) is 0 Å². The van der Waals surface area contributed by atoms with Crippen LogP contribution < -0.4 is 11.1 Å². The van der Waals surface area contributed by atoms with Gasteiger partial charge in [-0.2, -0.15) is 0 Å². The van der Waals surface area contributed by atoms with Gasteiger partial charge in [0.2, 0.25) is 0 Å². The summed E-state index contributed by atoms with van der Waals surface area (Å²) >= 11 is 0. The second-order valence-corrected chi connectivity index (χ2v) is 4.66. The second-order valence-electron chi connectivity index (χ2n) is 4.66. The molecule has 0 aliphatic carbocycles. The third kappa shape index (κ3) is 3.55. The van der Waals surface area contributed by atoms with E-state index in [1.54, 1.807) is 6.07 Å². The Morgan fingerprint density at radius 1 is 1.63 bits per heavy atom. The highest BCUT2D eigenvalue weighted by Crippen LogP contribution is 2.24. The van der Waals surface area contributed by atoms with Gasteiger partial charge in [-0.05, 0) is 13.1 Å². The minimum atomic E-state index is -0.459. The van der Waals surface area contributed by atoms with Gasteiger partial charge in [0.1, 0.15) is 0 Å². The average Bonchev–Trinajstić information content (AvgIpc) is 2.37. The zero-order chi connectivity index (χ0) is 13.8. The summed E-state index contributed by atoms with van der Waals surface area (Å²) in [6.45, 7) is 3.15. The van der Waals surface area contributed by atoms with Crippen molar-refractivity contribution in [3.8, 4) is 0 Å². The fourth-order valence-corrected chi connectivity index (χ4v) is 2.04. The Morgan fingerprint density at radius 2 is 2.42 bits per heavy atom. The standard InChI is InChI=1S/C12H18N4O3/c1-15-4-5-19-10(8-15)7-14-12-3-2-9(16(17)18)6-11(12)13/h2-3,6,10,14H,4-5,7-8,13H2,1H3. The molecule has 19 heavy (non-hydrogen) atoms. The van der Waals surface area contributed by atoms with Crippen LogP contribution in [0, 0.1) is 10.1 Å². The number of anilines is 2. The molecule has 0 bridgehead atoms. The molecule has 1 aromatic carbocycles. The Kier molecular flexibility index (Phi) is 4.18. The van der Waals surface area contributed by atoms with Crippen LogP contribution in [-0.2, 0) is 4.74 Å². The van der Waals surface area contributed by atoms with Crippen molar-refractivity contribution in [1.29, 1.82) is 0 Å². The number of nitrogens with two attached hydrogens (primary N) is 1. The molecule has 2 rings (SSSR count). The topological polar surface area (TPSA) is 93.7 Å². The lowest BCUT2D eigenvalue weighted by Crippen LogP contribution is -2.43. The summed E-state index contributed by atoms with van der Waals surface area (Å²) in [5.74, 6) is 0. The SMILES string of the molecule is CN1CCOC(CNc2ccc([N+](=O)[O-])cc2N)C1. The van der Waals surface area contributed by atoms with Gasteiger partial charge in [-0.15, -0.1) is 0 Å². The number of rotatable bonds is 4. The Labute approximate surface area is 111 Å². The summed E-state index contributed by atoms with van der Waals surface area (Å²) in [6, 6.07) is 4.42. The second kappa shape index (κ2) is 5.85. The van der Waals surface area contributed by atoms with Gasteiger partial charge in [-0.1, -0.05) is 0 Å². The number of likely N-dealkylation sites (N-methyl/N-ethyl adjacent to an activating group) is 1. The third-order valence-electron chi connectivity index (χ3n) is 3.11. The molecule has 1 saturated heterocycles. The van der Waals surface area contributed by atoms with Gasteiger partial charge >= 0.3 is 0 Å². The molecule has 1 fully saturated rings. The summed E-state index contributed by atoms with van der Waals surface area (Å²) in [6.07, 6.45) is 0.105. The molecule has 1 heterocycles. The molecule has 0 aromatic heterocycles. The first-order valence-corrected chi connectivity index (χ1v) is 6.14. The van der Waals surface area contributed by atoms with Crippen molar-refractivity contribution in [2.45, 2.75) is 6.10 Å². The lowest BCUT2D eigenvalue weighted by atomic mass is 10.2. The van der Waals surface area contributed by atoms with E-state index < -0.39 is 4.92 Å². The Bertz CT molecular complexity index is 466. The van der Waals surface area contributed by atoms with Crippen molar-refractivity contribution < 1.29 is 9.66 Å². The maximum Gasteiger partial charge on any atom is 0.271 e. The molecule has 7 nitrogen and oxygen atoms in total. The van der Waals surface area contributed by atoms with Gasteiger partial charge in [0.15, 0.2) is 0 Å². The van der Waals surface area contributed by atoms with Crippen molar-refractivity contribution in [2.75, 3.05) is 44.3 Å². The van der Waals surface area contributed by atoms with Crippen molar-refractivity contribution in [2.24, 2.45) is 0 Å². The lowest BCUT2D eigenvalue weighted by Gasteiger charge is -2.30. The fourth-order valence-electron chi connectivity index (χ4n) is 2.04. The highest BCUT2D eigenvalue weighted by molar-refractivity contribution is 5.69. The van der Waals surface area contributed by atoms with Gasteiger partial charge in [0, 0.05) is 31.8 Å². The normalized spacial score (nSPS) is 20.2. The molecule has 104 valence electrons. The Balaban J connectivity index is 1.94. The number of nitro benzene ring substituents is 1. The van der Waals surface area contributed by atoms with Crippen molar-refractivity contribution >= 4 is 17.1 Å². The number of benzene rings is 1. The smallest absolute Gasteiger partial charge is 0.271 e. The molecule has 1 unspecified atom stereocenters. The van der Waals surface area contributed by atoms with E-state index in [9.17, 15) is 10.1 Å². The lowest BCUT2D eigenvalue weighted by molar-refractivity contribution is -0.384. The summed E-state index contributed by atoms with van der Waals surface area (Å²) in [5, 5.41) is 13.8. The van der Waals surface area contributed by atoms with E-state index >= 15 is 0 Å². The number of hydrogen-bond acceptors (Lipinski definition) is 6. The van der Waals surface area contributed by atoms with Gasteiger partial charge < -0.3 is 20.7 Å². The van der Waals surface area contributed by atoms with Crippen molar-refractivity contribution in [1.82, 2.24) is 4.90 Å². The number of nitrogens with zero attached hydrogens (tertiary/aromatic N) is 2. The highest BCUT2D eigenvalue weighted by Gasteiger charge is 2.17. The molecular weight excluding hydrogens is 248 g/mol. The molecule has 1 aliphatic rings. The van der Waals surface area contributed by atoms with Crippen LogP contribution in [0.1, 0.15) is 0 Å². The predicted molar refractivity (Wildman–Crippen MR) is 73.2 cm³/mol. The predicted octanol–water partition coefficient (Wildman–Crippen LogP) is 0.919. The number of non-ortho nitro benzene ring substituents is 1. The van der Waals surface area contributed by atoms with E-state index in [1.165, 1.54) is 12.1 Å². The molecular formula is C12H18N4O3. The van der Waals surface area contributed by atoms with Crippen LogP contribution in [0.3, 0.4) is 0 Å². The molecule has 0 spiro atoms. The third-order valence-corrected chi connectivity index (χ3v) is 3.11. The minimum Gasteiger partial charge on any atom is -0.397 e. The molecule has 1 aliphatic heterocycles. The number of nitrogens with one attached hydrogen (secondary N) is 1. The number of morpholine rings is 1. The highest BCUT2D eigenvalue weighted by atomic mass is 16.6. The monoisotopic (exact) mass is 266 g/mol. The zero-order valence-electron chi connectivity index (χ0n) is 10.8. The zero-order valence-corrected chi connectivity index (χ0v) is 10.8. The summed E-state index contributed by atoms with van der Waals surface area (Å²) in [5.41, 5.74) is 6.85. The largest absolute Gasteiger partial charge is 0.397 e. The fraction of sp³-hybridized carbons (Fsp3) is 0.500. The Hall–Kier alpha value is -1.86. The van der Waals surface area contributed by atoms with Gasteiger partial charge in [0.05, 0.1) is 29.0 Å². The first-order chi connectivity index (χ1) is 9.06. The van der Waals surface area contributed by atoms with Crippen LogP contribution in [0.4, 0.5) is 17.1 Å². The molecule has 0 radical (unpaired) electrons. The summed E-state index contributed by atoms with van der Waals surface area (Å²) in [7, 11) is 2.05. The van der Waals surface area contributed by atoms with Crippen molar-refractivity contribution in [3.63, 3.8) is 0 Å². The molecule has 0 amide bonds. The molecule has 1 aromatic rings. The minimum absolute atomic E-state index is 0.00306. The molecule has 7 heteroatoms. The first kappa shape index (κ1) is 13.6. The van der Waals surface area contributed by atoms with E-state index in [0.29, 0.717) is 17.9 Å². The number of ether oxygens (including phenoxy) is 1. The van der Waals surface area contributed by atoms with Crippen molar-refractivity contribution in [3.05, 3.63) is 28.3 Å². The number of hydrogen-bond donors (Lipinski definition) is 2. The van der Waals surface area contributed by atoms with Gasteiger partial charge in [-0.3, -0.25) is 10.1 Å². The average molecular weight is 266 g/mol. The first-order valence-electron chi connectivity index (χ1n) is 6.14. The molecule has 3 N–H and O–H groups in total. The van der Waals surface area contributed by atoms with Crippen LogP contribution in [-0.4, -0.2) is 49.2 Å². The van der Waals surface area contributed by atoms with Crippen LogP contribution in [0.15, 0.2) is 18.2 Å².